The Bertz CT molecular complexity index is 1470. The van der Waals surface area contributed by atoms with Crippen LogP contribution in [0.5, 0.6) is 0 Å². The van der Waals surface area contributed by atoms with Gasteiger partial charge in [0.25, 0.3) is 0 Å². The molecule has 7 rings (SSSR count). The molecule has 0 bridgehead atoms. The predicted octanol–water partition coefficient (Wildman–Crippen LogP) is 3.30. The lowest BCUT2D eigenvalue weighted by molar-refractivity contribution is -0.117. The number of aryl methyl sites for hydroxylation is 1. The molecule has 0 radical (unpaired) electrons. The van der Waals surface area contributed by atoms with Crippen LogP contribution < -0.4 is 5.32 Å². The summed E-state index contributed by atoms with van der Waals surface area (Å²) in [5.41, 5.74) is 6.15. The molecule has 0 aromatic carbocycles. The van der Waals surface area contributed by atoms with E-state index in [0.717, 1.165) is 34.6 Å². The molecule has 2 aliphatic carbocycles. The number of ether oxygens (including phenoxy) is 1. The van der Waals surface area contributed by atoms with Gasteiger partial charge in [0.1, 0.15) is 5.65 Å². The fourth-order valence-electron chi connectivity index (χ4n) is 5.59. The van der Waals surface area contributed by atoms with E-state index < -0.39 is 6.10 Å². The molecule has 190 valence electrons. The number of imidazole rings is 1. The fraction of sp³-hybridized carbons (Fsp3) is 0.429. The summed E-state index contributed by atoms with van der Waals surface area (Å²) in [6.45, 7) is 0.948. The summed E-state index contributed by atoms with van der Waals surface area (Å²) < 4.78 is 9.21. The van der Waals surface area contributed by atoms with Crippen molar-refractivity contribution in [2.45, 2.75) is 43.6 Å². The number of aliphatic hydroxyl groups is 1. The number of nitrogens with one attached hydrogen (secondary N) is 1. The number of amides is 1. The van der Waals surface area contributed by atoms with Gasteiger partial charge >= 0.3 is 0 Å². The monoisotopic (exact) mass is 498 g/mol. The average Bonchev–Trinajstić information content (AvgIpc) is 3.79. The molecule has 1 aliphatic heterocycles. The predicted molar refractivity (Wildman–Crippen MR) is 137 cm³/mol. The van der Waals surface area contributed by atoms with Crippen molar-refractivity contribution in [3.05, 3.63) is 65.9 Å². The number of aliphatic hydroxyl groups excluding tert-OH is 1. The highest BCUT2D eigenvalue weighted by molar-refractivity contribution is 5.94. The van der Waals surface area contributed by atoms with Crippen molar-refractivity contribution in [2.24, 2.45) is 18.9 Å². The van der Waals surface area contributed by atoms with E-state index in [9.17, 15) is 9.90 Å². The number of anilines is 1. The van der Waals surface area contributed by atoms with Crippen molar-refractivity contribution in [1.82, 2.24) is 24.1 Å². The minimum Gasteiger partial charge on any atom is -0.390 e. The molecule has 9 heteroatoms. The Morgan fingerprint density at radius 1 is 1.16 bits per heavy atom. The Hall–Kier alpha value is -3.56. The van der Waals surface area contributed by atoms with E-state index in [-0.39, 0.29) is 23.7 Å². The summed E-state index contributed by atoms with van der Waals surface area (Å²) in [4.78, 5) is 22.2. The quantitative estimate of drug-likeness (QED) is 0.405. The molecule has 3 aliphatic rings. The zero-order valence-corrected chi connectivity index (χ0v) is 20.7. The SMILES string of the molecule is Cn1ncc(CC2COCC2O)c1-c1ccc2nc(NC(=O)[C@H]3C[C@H]3c3ccc(C4CC4)cn3)cn2c1. The third-order valence-electron chi connectivity index (χ3n) is 8.00. The summed E-state index contributed by atoms with van der Waals surface area (Å²) in [5.74, 6) is 1.42. The number of carbonyl (C=O) groups is 1. The molecule has 37 heavy (non-hydrogen) atoms. The molecule has 4 aromatic heterocycles. The Balaban J connectivity index is 1.06. The van der Waals surface area contributed by atoms with Gasteiger partial charge in [0.15, 0.2) is 5.82 Å². The maximum absolute atomic E-state index is 12.9. The fourth-order valence-corrected chi connectivity index (χ4v) is 5.59. The van der Waals surface area contributed by atoms with Crippen molar-refractivity contribution < 1.29 is 14.6 Å². The topological polar surface area (TPSA) is 107 Å². The second kappa shape index (κ2) is 8.78. The molecule has 4 aromatic rings. The van der Waals surface area contributed by atoms with E-state index in [1.165, 1.54) is 18.4 Å². The minimum atomic E-state index is -0.445. The van der Waals surface area contributed by atoms with Crippen molar-refractivity contribution in [2.75, 3.05) is 18.5 Å². The van der Waals surface area contributed by atoms with Crippen LogP contribution in [0.25, 0.3) is 16.9 Å². The number of aromatic nitrogens is 5. The number of rotatable bonds is 7. The van der Waals surface area contributed by atoms with Gasteiger partial charge in [-0.2, -0.15) is 5.10 Å². The smallest absolute Gasteiger partial charge is 0.229 e. The van der Waals surface area contributed by atoms with Crippen LogP contribution >= 0.6 is 0 Å². The van der Waals surface area contributed by atoms with Crippen LogP contribution in [0.2, 0.25) is 0 Å². The molecule has 9 nitrogen and oxygen atoms in total. The standard InChI is InChI=1S/C28H30N6O3/c1-33-27(19(11-30-33)8-20-14-37-15-24(20)35)18-5-7-26-31-25(13-34(26)12-18)32-28(36)22-9-21(22)23-6-4-17(10-29-23)16-2-3-16/h4-7,10-13,16,20-22,24,35H,2-3,8-9,14-15H2,1H3,(H,32,36)/t20?,21-,22+,24?/m1/s1. The van der Waals surface area contributed by atoms with Gasteiger partial charge in [-0.05, 0) is 60.9 Å². The molecule has 4 atom stereocenters. The van der Waals surface area contributed by atoms with Gasteiger partial charge in [-0.1, -0.05) is 6.07 Å². The summed E-state index contributed by atoms with van der Waals surface area (Å²) in [6, 6.07) is 8.22. The van der Waals surface area contributed by atoms with Crippen molar-refractivity contribution in [3.8, 4) is 11.3 Å². The van der Waals surface area contributed by atoms with E-state index in [2.05, 4.69) is 32.5 Å². The van der Waals surface area contributed by atoms with Crippen LogP contribution in [0.15, 0.2) is 49.1 Å². The van der Waals surface area contributed by atoms with E-state index >= 15 is 0 Å². The largest absolute Gasteiger partial charge is 0.390 e. The number of nitrogens with zero attached hydrogens (tertiary/aromatic N) is 5. The lowest BCUT2D eigenvalue weighted by atomic mass is 9.95. The number of carbonyl (C=O) groups excluding carboxylic acids is 1. The molecule has 2 saturated carbocycles. The highest BCUT2D eigenvalue weighted by Gasteiger charge is 2.45. The lowest BCUT2D eigenvalue weighted by Gasteiger charge is -2.13. The van der Waals surface area contributed by atoms with Gasteiger partial charge < -0.3 is 19.6 Å². The third-order valence-corrected chi connectivity index (χ3v) is 8.00. The average molecular weight is 499 g/mol. The van der Waals surface area contributed by atoms with Gasteiger partial charge in [0.05, 0.1) is 37.4 Å². The molecule has 3 fully saturated rings. The van der Waals surface area contributed by atoms with Gasteiger partial charge in [0, 0.05) is 48.5 Å². The van der Waals surface area contributed by atoms with Gasteiger partial charge in [0.2, 0.25) is 5.91 Å². The summed E-state index contributed by atoms with van der Waals surface area (Å²) in [6.07, 6.45) is 11.3. The molecule has 2 N–H and O–H groups in total. The Kier molecular flexibility index (Phi) is 5.37. The van der Waals surface area contributed by atoms with E-state index in [0.29, 0.717) is 31.4 Å². The van der Waals surface area contributed by atoms with Crippen molar-refractivity contribution in [3.63, 3.8) is 0 Å². The van der Waals surface area contributed by atoms with Crippen LogP contribution in [-0.2, 0) is 23.0 Å². The zero-order chi connectivity index (χ0) is 25.1. The molecule has 5 heterocycles. The van der Waals surface area contributed by atoms with Crippen LogP contribution in [0.1, 0.15) is 47.9 Å². The Morgan fingerprint density at radius 3 is 2.81 bits per heavy atom. The normalized spacial score (nSPS) is 25.0. The molecule has 1 saturated heterocycles. The number of fused-ring (bicyclic) bond motifs is 1. The lowest BCUT2D eigenvalue weighted by Crippen LogP contribution is -2.20. The second-order valence-electron chi connectivity index (χ2n) is 10.7. The number of hydrogen-bond donors (Lipinski definition) is 2. The number of pyridine rings is 2. The van der Waals surface area contributed by atoms with Crippen molar-refractivity contribution >= 4 is 17.4 Å². The first-order valence-electron chi connectivity index (χ1n) is 13.1. The summed E-state index contributed by atoms with van der Waals surface area (Å²) >= 11 is 0. The Morgan fingerprint density at radius 2 is 2.05 bits per heavy atom. The molecule has 1 amide bonds. The van der Waals surface area contributed by atoms with Crippen LogP contribution in [-0.4, -0.2) is 54.5 Å². The zero-order valence-electron chi connectivity index (χ0n) is 20.7. The molecular weight excluding hydrogens is 468 g/mol. The van der Waals surface area contributed by atoms with Crippen LogP contribution in [0.4, 0.5) is 5.82 Å². The maximum atomic E-state index is 12.9. The first-order valence-corrected chi connectivity index (χ1v) is 13.1. The number of hydrogen-bond acceptors (Lipinski definition) is 6. The first kappa shape index (κ1) is 22.6. The van der Waals surface area contributed by atoms with E-state index in [4.69, 9.17) is 4.74 Å². The highest BCUT2D eigenvalue weighted by Crippen LogP contribution is 2.48. The molecular formula is C28H30N6O3. The maximum Gasteiger partial charge on any atom is 0.229 e. The van der Waals surface area contributed by atoms with E-state index in [1.807, 2.05) is 53.1 Å². The second-order valence-corrected chi connectivity index (χ2v) is 10.7. The van der Waals surface area contributed by atoms with Crippen LogP contribution in [0, 0.1) is 11.8 Å². The van der Waals surface area contributed by atoms with Gasteiger partial charge in [-0.15, -0.1) is 0 Å². The minimum absolute atomic E-state index is 0.00652. The van der Waals surface area contributed by atoms with Gasteiger partial charge in [-0.3, -0.25) is 14.5 Å². The summed E-state index contributed by atoms with van der Waals surface area (Å²) in [5, 5.41) is 17.7. The highest BCUT2D eigenvalue weighted by atomic mass is 16.5. The van der Waals surface area contributed by atoms with E-state index in [1.54, 1.807) is 0 Å². The summed E-state index contributed by atoms with van der Waals surface area (Å²) in [7, 11) is 1.92. The first-order chi connectivity index (χ1) is 18.0. The Labute approximate surface area is 214 Å². The third kappa shape index (κ3) is 4.32. The van der Waals surface area contributed by atoms with Crippen LogP contribution in [0.3, 0.4) is 0 Å². The molecule has 0 spiro atoms. The van der Waals surface area contributed by atoms with Crippen molar-refractivity contribution in [1.29, 1.82) is 0 Å². The van der Waals surface area contributed by atoms with Gasteiger partial charge in [-0.25, -0.2) is 4.98 Å². The molecule has 2 unspecified atom stereocenters.